The fourth-order valence-corrected chi connectivity index (χ4v) is 3.60. The van der Waals surface area contributed by atoms with Gasteiger partial charge >= 0.3 is 6.18 Å². The Labute approximate surface area is 185 Å². The molecule has 1 N–H and O–H groups in total. The minimum absolute atomic E-state index is 0.00187. The average Bonchev–Trinajstić information content (AvgIpc) is 2.75. The Balaban J connectivity index is 1.43. The number of para-hydroxylation sites is 1. The first kappa shape index (κ1) is 23.7. The summed E-state index contributed by atoms with van der Waals surface area (Å²) < 4.78 is 39.3. The van der Waals surface area contributed by atoms with Crippen molar-refractivity contribution in [3.05, 3.63) is 65.7 Å². The Bertz CT molecular complexity index is 913. The zero-order valence-electron chi connectivity index (χ0n) is 17.9. The zero-order chi connectivity index (χ0) is 23.1. The van der Waals surface area contributed by atoms with Crippen molar-refractivity contribution in [3.63, 3.8) is 0 Å². The van der Waals surface area contributed by atoms with Gasteiger partial charge in [0.05, 0.1) is 24.3 Å². The molecular formula is C23H27F3N4O2. The van der Waals surface area contributed by atoms with Crippen molar-refractivity contribution in [3.8, 4) is 0 Å². The molecule has 1 aliphatic heterocycles. The van der Waals surface area contributed by atoms with Gasteiger partial charge in [-0.25, -0.2) is 0 Å². The van der Waals surface area contributed by atoms with Crippen molar-refractivity contribution < 1.29 is 22.8 Å². The van der Waals surface area contributed by atoms with Crippen molar-refractivity contribution in [1.82, 2.24) is 14.7 Å². The number of carbonyl (C=O) groups is 2. The molecule has 0 unspecified atom stereocenters. The van der Waals surface area contributed by atoms with E-state index in [1.54, 1.807) is 11.9 Å². The first-order valence-corrected chi connectivity index (χ1v) is 10.4. The van der Waals surface area contributed by atoms with Gasteiger partial charge in [-0.05, 0) is 17.7 Å². The van der Waals surface area contributed by atoms with Gasteiger partial charge in [0.1, 0.15) is 0 Å². The zero-order valence-corrected chi connectivity index (χ0v) is 17.9. The van der Waals surface area contributed by atoms with Gasteiger partial charge in [-0.15, -0.1) is 0 Å². The Kier molecular flexibility index (Phi) is 7.87. The summed E-state index contributed by atoms with van der Waals surface area (Å²) in [6.45, 7) is 3.17. The maximum absolute atomic E-state index is 13.1. The molecule has 0 aromatic heterocycles. The van der Waals surface area contributed by atoms with E-state index >= 15 is 0 Å². The predicted octanol–water partition coefficient (Wildman–Crippen LogP) is 2.92. The summed E-state index contributed by atoms with van der Waals surface area (Å²) >= 11 is 0. The van der Waals surface area contributed by atoms with Gasteiger partial charge in [-0.1, -0.05) is 42.5 Å². The Morgan fingerprint density at radius 1 is 0.906 bits per heavy atom. The molecule has 0 aliphatic carbocycles. The number of alkyl halides is 3. The maximum Gasteiger partial charge on any atom is 0.418 e. The molecule has 9 heteroatoms. The van der Waals surface area contributed by atoms with Crippen LogP contribution in [0.1, 0.15) is 11.1 Å². The van der Waals surface area contributed by atoms with Crippen LogP contribution in [0.25, 0.3) is 0 Å². The Morgan fingerprint density at radius 2 is 1.47 bits per heavy atom. The van der Waals surface area contributed by atoms with E-state index in [9.17, 15) is 22.8 Å². The predicted molar refractivity (Wildman–Crippen MR) is 116 cm³/mol. The molecule has 0 saturated carbocycles. The number of nitrogens with one attached hydrogen (secondary N) is 1. The molecule has 0 atom stereocenters. The van der Waals surface area contributed by atoms with Crippen molar-refractivity contribution in [2.45, 2.75) is 12.7 Å². The summed E-state index contributed by atoms with van der Waals surface area (Å²) in [6.07, 6.45) is -4.53. The number of benzene rings is 2. The van der Waals surface area contributed by atoms with Crippen molar-refractivity contribution in [2.24, 2.45) is 0 Å². The molecule has 2 aromatic rings. The van der Waals surface area contributed by atoms with E-state index in [0.717, 1.165) is 11.6 Å². The van der Waals surface area contributed by atoms with Crippen LogP contribution < -0.4 is 5.32 Å². The lowest BCUT2D eigenvalue weighted by atomic mass is 10.1. The lowest BCUT2D eigenvalue weighted by molar-refractivity contribution is -0.137. The van der Waals surface area contributed by atoms with Gasteiger partial charge in [0, 0.05) is 39.8 Å². The topological polar surface area (TPSA) is 55.9 Å². The first-order chi connectivity index (χ1) is 15.2. The lowest BCUT2D eigenvalue weighted by Crippen LogP contribution is -2.51. The van der Waals surface area contributed by atoms with Crippen LogP contribution in [0.15, 0.2) is 54.6 Å². The van der Waals surface area contributed by atoms with E-state index in [1.807, 2.05) is 40.1 Å². The SMILES string of the molecule is CN(Cc1ccccc1)C(=O)CN1CCN(CC(=O)Nc2ccccc2C(F)(F)F)CC1. The summed E-state index contributed by atoms with van der Waals surface area (Å²) in [5.74, 6) is -0.474. The van der Waals surface area contributed by atoms with Crippen molar-refractivity contribution >= 4 is 17.5 Å². The fourth-order valence-electron chi connectivity index (χ4n) is 3.60. The molecule has 2 amide bonds. The monoisotopic (exact) mass is 448 g/mol. The summed E-state index contributed by atoms with van der Waals surface area (Å²) in [6, 6.07) is 14.7. The van der Waals surface area contributed by atoms with Crippen molar-refractivity contribution in [2.75, 3.05) is 51.6 Å². The van der Waals surface area contributed by atoms with E-state index in [-0.39, 0.29) is 18.1 Å². The van der Waals surface area contributed by atoms with E-state index < -0.39 is 17.6 Å². The van der Waals surface area contributed by atoms with E-state index in [4.69, 9.17) is 0 Å². The van der Waals surface area contributed by atoms with Crippen molar-refractivity contribution in [1.29, 1.82) is 0 Å². The van der Waals surface area contributed by atoms with Crippen LogP contribution in [0.2, 0.25) is 0 Å². The molecule has 1 fully saturated rings. The molecular weight excluding hydrogens is 421 g/mol. The second-order valence-corrected chi connectivity index (χ2v) is 7.88. The molecule has 172 valence electrons. The highest BCUT2D eigenvalue weighted by Gasteiger charge is 2.33. The quantitative estimate of drug-likeness (QED) is 0.708. The van der Waals surface area contributed by atoms with Gasteiger partial charge in [-0.3, -0.25) is 19.4 Å². The third-order valence-electron chi connectivity index (χ3n) is 5.39. The molecule has 3 rings (SSSR count). The minimum Gasteiger partial charge on any atom is -0.340 e. The molecule has 0 spiro atoms. The van der Waals surface area contributed by atoms with Crippen LogP contribution in [0.3, 0.4) is 0 Å². The summed E-state index contributed by atoms with van der Waals surface area (Å²) in [4.78, 5) is 30.4. The van der Waals surface area contributed by atoms with E-state index in [1.165, 1.54) is 18.2 Å². The molecule has 1 saturated heterocycles. The number of carbonyl (C=O) groups excluding carboxylic acids is 2. The molecule has 6 nitrogen and oxygen atoms in total. The smallest absolute Gasteiger partial charge is 0.340 e. The Hall–Kier alpha value is -2.91. The standard InChI is InChI=1S/C23H27F3N4O2/c1-28(15-18-7-3-2-4-8-18)22(32)17-30-13-11-29(12-14-30)16-21(31)27-20-10-6-5-9-19(20)23(24,25)26/h2-10H,11-17H2,1H3,(H,27,31). The summed E-state index contributed by atoms with van der Waals surface area (Å²) in [5.41, 5.74) is -0.0433. The van der Waals surface area contributed by atoms with Gasteiger partial charge in [0.2, 0.25) is 11.8 Å². The lowest BCUT2D eigenvalue weighted by Gasteiger charge is -2.34. The molecule has 0 bridgehead atoms. The van der Waals surface area contributed by atoms with Gasteiger partial charge in [0.15, 0.2) is 0 Å². The minimum atomic E-state index is -4.53. The molecule has 1 aliphatic rings. The third-order valence-corrected chi connectivity index (χ3v) is 5.39. The van der Waals surface area contributed by atoms with Gasteiger partial charge < -0.3 is 10.2 Å². The van der Waals surface area contributed by atoms with E-state index in [2.05, 4.69) is 5.32 Å². The number of likely N-dealkylation sites (N-methyl/N-ethyl adjacent to an activating group) is 1. The van der Waals surface area contributed by atoms with Crippen LogP contribution in [0.5, 0.6) is 0 Å². The average molecular weight is 448 g/mol. The number of hydrogen-bond acceptors (Lipinski definition) is 4. The van der Waals surface area contributed by atoms with Gasteiger partial charge in [-0.2, -0.15) is 13.2 Å². The van der Waals surface area contributed by atoms with Crippen LogP contribution in [0, 0.1) is 0 Å². The van der Waals surface area contributed by atoms with E-state index in [0.29, 0.717) is 39.3 Å². The van der Waals surface area contributed by atoms with Crippen LogP contribution >= 0.6 is 0 Å². The van der Waals surface area contributed by atoms with Gasteiger partial charge in [0.25, 0.3) is 0 Å². The maximum atomic E-state index is 13.1. The molecule has 2 aromatic carbocycles. The molecule has 1 heterocycles. The normalized spacial score (nSPS) is 15.4. The first-order valence-electron chi connectivity index (χ1n) is 10.4. The number of rotatable bonds is 7. The largest absolute Gasteiger partial charge is 0.418 e. The van der Waals surface area contributed by atoms with Crippen LogP contribution in [-0.4, -0.2) is 72.8 Å². The Morgan fingerprint density at radius 3 is 2.09 bits per heavy atom. The van der Waals surface area contributed by atoms with Crippen LogP contribution in [-0.2, 0) is 22.3 Å². The second kappa shape index (κ2) is 10.6. The number of nitrogens with zero attached hydrogens (tertiary/aromatic N) is 3. The number of piperazine rings is 1. The third kappa shape index (κ3) is 6.80. The number of halogens is 3. The number of hydrogen-bond donors (Lipinski definition) is 1. The highest BCUT2D eigenvalue weighted by Crippen LogP contribution is 2.34. The molecule has 32 heavy (non-hydrogen) atoms. The summed E-state index contributed by atoms with van der Waals surface area (Å²) in [7, 11) is 1.77. The fraction of sp³-hybridized carbons (Fsp3) is 0.391. The number of anilines is 1. The second-order valence-electron chi connectivity index (χ2n) is 7.88. The summed E-state index contributed by atoms with van der Waals surface area (Å²) in [5, 5.41) is 2.37. The highest BCUT2D eigenvalue weighted by atomic mass is 19.4. The molecule has 0 radical (unpaired) electrons. The number of amides is 2. The van der Waals surface area contributed by atoms with Crippen LogP contribution in [0.4, 0.5) is 18.9 Å². The highest BCUT2D eigenvalue weighted by molar-refractivity contribution is 5.93.